The van der Waals surface area contributed by atoms with Crippen LogP contribution in [0.15, 0.2) is 66.7 Å². The Morgan fingerprint density at radius 2 is 1.60 bits per heavy atom. The van der Waals surface area contributed by atoms with Gasteiger partial charge in [0.25, 0.3) is 5.91 Å². The highest BCUT2D eigenvalue weighted by atomic mass is 16.5. The molecule has 0 aliphatic carbocycles. The largest absolute Gasteiger partial charge is 0.493 e. The Hall–Kier alpha value is -3.31. The molecule has 1 aliphatic heterocycles. The van der Waals surface area contributed by atoms with E-state index in [1.807, 2.05) is 53.4 Å². The van der Waals surface area contributed by atoms with E-state index in [4.69, 9.17) is 14.2 Å². The van der Waals surface area contributed by atoms with E-state index >= 15 is 0 Å². The maximum atomic E-state index is 12.7. The molecule has 0 saturated heterocycles. The molecule has 5 heteroatoms. The van der Waals surface area contributed by atoms with E-state index in [-0.39, 0.29) is 12.5 Å². The van der Waals surface area contributed by atoms with Crippen molar-refractivity contribution in [1.29, 1.82) is 0 Å². The summed E-state index contributed by atoms with van der Waals surface area (Å²) in [5.74, 6) is 1.36. The minimum atomic E-state index is -0.0106. The zero-order chi connectivity index (χ0) is 20.9. The number of fused-ring (bicyclic) bond motifs is 1. The lowest BCUT2D eigenvalue weighted by Gasteiger charge is -2.23. The van der Waals surface area contributed by atoms with Gasteiger partial charge in [-0.25, -0.2) is 0 Å². The number of carbonyl (C=O) groups is 1. The standard InChI is InChI=1S/C25H25NO4/c1-28-23-11-9-20(15-24(23)29-2)19-8-10-22-21(14-19)16-30-17-25(27)26(22)13-12-18-6-4-3-5-7-18/h3-11,14-15H,12-13,16-17H2,1-2H3. The molecule has 1 aliphatic rings. The first-order chi connectivity index (χ1) is 14.7. The molecule has 0 spiro atoms. The van der Waals surface area contributed by atoms with Gasteiger partial charge in [-0.15, -0.1) is 0 Å². The minimum absolute atomic E-state index is 0.0106. The van der Waals surface area contributed by atoms with Crippen molar-refractivity contribution in [1.82, 2.24) is 0 Å². The Kier molecular flexibility index (Phi) is 6.00. The Bertz CT molecular complexity index is 1030. The molecule has 0 radical (unpaired) electrons. The number of carbonyl (C=O) groups excluding carboxylic acids is 1. The zero-order valence-electron chi connectivity index (χ0n) is 17.3. The average Bonchev–Trinajstić information content (AvgIpc) is 2.95. The van der Waals surface area contributed by atoms with Gasteiger partial charge in [0.2, 0.25) is 0 Å². The quantitative estimate of drug-likeness (QED) is 0.609. The van der Waals surface area contributed by atoms with Crippen LogP contribution in [0, 0.1) is 0 Å². The molecule has 0 atom stereocenters. The predicted molar refractivity (Wildman–Crippen MR) is 117 cm³/mol. The number of hydrogen-bond acceptors (Lipinski definition) is 4. The summed E-state index contributed by atoms with van der Waals surface area (Å²) < 4.78 is 16.4. The monoisotopic (exact) mass is 403 g/mol. The van der Waals surface area contributed by atoms with Crippen molar-refractivity contribution in [2.24, 2.45) is 0 Å². The number of anilines is 1. The van der Waals surface area contributed by atoms with Gasteiger partial charge >= 0.3 is 0 Å². The normalized spacial score (nSPS) is 13.5. The molecule has 0 aromatic heterocycles. The zero-order valence-corrected chi connectivity index (χ0v) is 17.3. The molecule has 0 bridgehead atoms. The summed E-state index contributed by atoms with van der Waals surface area (Å²) in [6.45, 7) is 1.12. The maximum Gasteiger partial charge on any atom is 0.253 e. The van der Waals surface area contributed by atoms with Gasteiger partial charge in [-0.2, -0.15) is 0 Å². The third kappa shape index (κ3) is 4.16. The molecule has 4 rings (SSSR count). The van der Waals surface area contributed by atoms with Gasteiger partial charge in [-0.1, -0.05) is 42.5 Å². The first-order valence-electron chi connectivity index (χ1n) is 9.97. The lowest BCUT2D eigenvalue weighted by atomic mass is 10.0. The molecular weight excluding hydrogens is 378 g/mol. The fraction of sp³-hybridized carbons (Fsp3) is 0.240. The Morgan fingerprint density at radius 1 is 0.867 bits per heavy atom. The third-order valence-electron chi connectivity index (χ3n) is 5.34. The summed E-state index contributed by atoms with van der Waals surface area (Å²) in [5, 5.41) is 0. The van der Waals surface area contributed by atoms with Crippen LogP contribution in [0.2, 0.25) is 0 Å². The van der Waals surface area contributed by atoms with Crippen molar-refractivity contribution in [2.45, 2.75) is 13.0 Å². The fourth-order valence-electron chi connectivity index (χ4n) is 3.75. The van der Waals surface area contributed by atoms with E-state index in [9.17, 15) is 4.79 Å². The van der Waals surface area contributed by atoms with Crippen molar-refractivity contribution in [3.8, 4) is 22.6 Å². The Morgan fingerprint density at radius 3 is 2.37 bits per heavy atom. The molecule has 0 fully saturated rings. The molecule has 5 nitrogen and oxygen atoms in total. The molecule has 0 unspecified atom stereocenters. The van der Waals surface area contributed by atoms with Crippen LogP contribution in [0.5, 0.6) is 11.5 Å². The van der Waals surface area contributed by atoms with Crippen molar-refractivity contribution in [3.63, 3.8) is 0 Å². The number of ether oxygens (including phenoxy) is 3. The van der Waals surface area contributed by atoms with Gasteiger partial charge in [0.1, 0.15) is 6.61 Å². The topological polar surface area (TPSA) is 48.0 Å². The highest BCUT2D eigenvalue weighted by Crippen LogP contribution is 2.35. The van der Waals surface area contributed by atoms with Gasteiger partial charge in [0.05, 0.1) is 20.8 Å². The highest BCUT2D eigenvalue weighted by molar-refractivity contribution is 5.96. The van der Waals surface area contributed by atoms with E-state index in [1.54, 1.807) is 14.2 Å². The summed E-state index contributed by atoms with van der Waals surface area (Å²) in [6, 6.07) is 22.2. The number of hydrogen-bond donors (Lipinski definition) is 0. The number of amides is 1. The van der Waals surface area contributed by atoms with Crippen LogP contribution in [0.25, 0.3) is 11.1 Å². The molecule has 3 aromatic carbocycles. The van der Waals surface area contributed by atoms with Crippen LogP contribution in [0.1, 0.15) is 11.1 Å². The average molecular weight is 403 g/mol. The Balaban J connectivity index is 1.63. The smallest absolute Gasteiger partial charge is 0.253 e. The van der Waals surface area contributed by atoms with Gasteiger partial charge in [-0.3, -0.25) is 4.79 Å². The second kappa shape index (κ2) is 9.01. The van der Waals surface area contributed by atoms with Gasteiger partial charge in [0, 0.05) is 17.8 Å². The molecule has 0 saturated carbocycles. The fourth-order valence-corrected chi connectivity index (χ4v) is 3.75. The second-order valence-corrected chi connectivity index (χ2v) is 7.19. The number of rotatable bonds is 6. The summed E-state index contributed by atoms with van der Waals surface area (Å²) in [7, 11) is 3.25. The van der Waals surface area contributed by atoms with Crippen LogP contribution in [-0.4, -0.2) is 33.3 Å². The summed E-state index contributed by atoms with van der Waals surface area (Å²) in [4.78, 5) is 14.5. The van der Waals surface area contributed by atoms with Crippen molar-refractivity contribution >= 4 is 11.6 Å². The van der Waals surface area contributed by atoms with E-state index in [0.717, 1.165) is 28.8 Å². The van der Waals surface area contributed by atoms with E-state index in [2.05, 4.69) is 18.2 Å². The lowest BCUT2D eigenvalue weighted by Crippen LogP contribution is -2.34. The summed E-state index contributed by atoms with van der Waals surface area (Å²) >= 11 is 0. The lowest BCUT2D eigenvalue weighted by molar-refractivity contribution is -0.123. The van der Waals surface area contributed by atoms with Crippen molar-refractivity contribution < 1.29 is 19.0 Å². The predicted octanol–water partition coefficient (Wildman–Crippen LogP) is 4.48. The minimum Gasteiger partial charge on any atom is -0.493 e. The molecule has 1 heterocycles. The molecule has 0 N–H and O–H groups in total. The highest BCUT2D eigenvalue weighted by Gasteiger charge is 2.23. The molecule has 30 heavy (non-hydrogen) atoms. The van der Waals surface area contributed by atoms with Crippen LogP contribution >= 0.6 is 0 Å². The van der Waals surface area contributed by atoms with Crippen LogP contribution in [-0.2, 0) is 22.6 Å². The summed E-state index contributed by atoms with van der Waals surface area (Å²) in [6.07, 6.45) is 0.795. The van der Waals surface area contributed by atoms with E-state index in [1.165, 1.54) is 5.56 Å². The maximum absolute atomic E-state index is 12.7. The molecular formula is C25H25NO4. The first kappa shape index (κ1) is 20.0. The number of methoxy groups -OCH3 is 2. The molecule has 3 aromatic rings. The van der Waals surface area contributed by atoms with Crippen LogP contribution in [0.4, 0.5) is 5.69 Å². The third-order valence-corrected chi connectivity index (χ3v) is 5.34. The molecule has 154 valence electrons. The van der Waals surface area contributed by atoms with Crippen molar-refractivity contribution in [3.05, 3.63) is 77.9 Å². The van der Waals surface area contributed by atoms with Gasteiger partial charge in [-0.05, 0) is 47.4 Å². The number of nitrogens with zero attached hydrogens (tertiary/aromatic N) is 1. The second-order valence-electron chi connectivity index (χ2n) is 7.19. The molecule has 1 amide bonds. The van der Waals surface area contributed by atoms with E-state index in [0.29, 0.717) is 24.7 Å². The first-order valence-corrected chi connectivity index (χ1v) is 9.97. The van der Waals surface area contributed by atoms with Gasteiger partial charge in [0.15, 0.2) is 11.5 Å². The van der Waals surface area contributed by atoms with Crippen LogP contribution < -0.4 is 14.4 Å². The SMILES string of the molecule is COc1ccc(-c2ccc3c(c2)COCC(=O)N3CCc2ccccc2)cc1OC. The van der Waals surface area contributed by atoms with E-state index < -0.39 is 0 Å². The number of benzene rings is 3. The van der Waals surface area contributed by atoms with Gasteiger partial charge < -0.3 is 19.1 Å². The Labute approximate surface area is 176 Å². The van der Waals surface area contributed by atoms with Crippen molar-refractivity contribution in [2.75, 3.05) is 32.3 Å². The van der Waals surface area contributed by atoms with Crippen LogP contribution in [0.3, 0.4) is 0 Å². The summed E-state index contributed by atoms with van der Waals surface area (Å²) in [5.41, 5.74) is 5.18.